The van der Waals surface area contributed by atoms with E-state index in [1.54, 1.807) is 6.20 Å². The Hall–Kier alpha value is -1.55. The van der Waals surface area contributed by atoms with Crippen molar-refractivity contribution in [2.45, 2.75) is 26.7 Å². The zero-order valence-corrected chi connectivity index (χ0v) is 12.9. The largest absolute Gasteiger partial charge is 0.438 e. The van der Waals surface area contributed by atoms with Crippen molar-refractivity contribution < 1.29 is 4.74 Å². The highest BCUT2D eigenvalue weighted by Gasteiger charge is 2.13. The molecular formula is C15H17BrN2O. The third-order valence-corrected chi connectivity index (χ3v) is 3.56. The van der Waals surface area contributed by atoms with Crippen molar-refractivity contribution in [1.82, 2.24) is 4.98 Å². The highest BCUT2D eigenvalue weighted by Crippen LogP contribution is 2.35. The molecule has 0 atom stereocenters. The summed E-state index contributed by atoms with van der Waals surface area (Å²) in [5.41, 5.74) is 8.85. The molecule has 2 aromatic rings. The molecule has 0 aliphatic carbocycles. The number of nitrogen functional groups attached to an aromatic ring is 1. The third kappa shape index (κ3) is 3.07. The molecule has 0 aliphatic heterocycles. The number of hydrogen-bond donors (Lipinski definition) is 1. The molecule has 2 rings (SSSR count). The number of anilines is 1. The molecule has 0 saturated carbocycles. The Bertz CT molecular complexity index is 597. The SMILES string of the molecule is Cc1cc(Oc2ncccc2Br)c(C(C)C)cc1N. The molecule has 0 bridgehead atoms. The lowest BCUT2D eigenvalue weighted by Crippen LogP contribution is -1.99. The Morgan fingerprint density at radius 3 is 2.68 bits per heavy atom. The molecule has 1 aromatic heterocycles. The van der Waals surface area contributed by atoms with Crippen molar-refractivity contribution in [3.8, 4) is 11.6 Å². The molecule has 0 unspecified atom stereocenters. The molecule has 2 N–H and O–H groups in total. The van der Waals surface area contributed by atoms with Crippen LogP contribution in [0.15, 0.2) is 34.9 Å². The van der Waals surface area contributed by atoms with Crippen LogP contribution in [0.2, 0.25) is 0 Å². The lowest BCUT2D eigenvalue weighted by Gasteiger charge is -2.16. The van der Waals surface area contributed by atoms with Gasteiger partial charge in [0.1, 0.15) is 5.75 Å². The van der Waals surface area contributed by atoms with Crippen LogP contribution >= 0.6 is 15.9 Å². The summed E-state index contributed by atoms with van der Waals surface area (Å²) < 4.78 is 6.76. The molecule has 4 heteroatoms. The fourth-order valence-corrected chi connectivity index (χ4v) is 2.14. The summed E-state index contributed by atoms with van der Waals surface area (Å²) in [5.74, 6) is 1.70. The van der Waals surface area contributed by atoms with E-state index < -0.39 is 0 Å². The standard InChI is InChI=1S/C15H17BrN2O/c1-9(2)11-8-13(17)10(3)7-14(11)19-15-12(16)5-4-6-18-15/h4-9H,17H2,1-3H3. The Morgan fingerprint density at radius 1 is 1.32 bits per heavy atom. The Kier molecular flexibility index (Phi) is 4.10. The zero-order chi connectivity index (χ0) is 14.0. The van der Waals surface area contributed by atoms with Gasteiger partial charge in [-0.15, -0.1) is 0 Å². The minimum Gasteiger partial charge on any atom is -0.438 e. The zero-order valence-electron chi connectivity index (χ0n) is 11.3. The summed E-state index contributed by atoms with van der Waals surface area (Å²) in [5, 5.41) is 0. The van der Waals surface area contributed by atoms with E-state index in [2.05, 4.69) is 34.8 Å². The summed E-state index contributed by atoms with van der Waals surface area (Å²) in [6.45, 7) is 6.20. The lowest BCUT2D eigenvalue weighted by molar-refractivity contribution is 0.451. The molecule has 3 nitrogen and oxygen atoms in total. The van der Waals surface area contributed by atoms with Gasteiger partial charge < -0.3 is 10.5 Å². The summed E-state index contributed by atoms with van der Waals surface area (Å²) in [6, 6.07) is 7.70. The van der Waals surface area contributed by atoms with Crippen LogP contribution in [0, 0.1) is 6.92 Å². The predicted molar refractivity (Wildman–Crippen MR) is 81.7 cm³/mol. The highest BCUT2D eigenvalue weighted by molar-refractivity contribution is 9.10. The monoisotopic (exact) mass is 320 g/mol. The fourth-order valence-electron chi connectivity index (χ4n) is 1.81. The van der Waals surface area contributed by atoms with E-state index in [-0.39, 0.29) is 0 Å². The van der Waals surface area contributed by atoms with Crippen LogP contribution in [0.1, 0.15) is 30.9 Å². The van der Waals surface area contributed by atoms with Gasteiger partial charge in [0.25, 0.3) is 0 Å². The van der Waals surface area contributed by atoms with Crippen LogP contribution in [0.5, 0.6) is 11.6 Å². The minimum absolute atomic E-state index is 0.334. The van der Waals surface area contributed by atoms with Crippen LogP contribution in [-0.2, 0) is 0 Å². The molecule has 19 heavy (non-hydrogen) atoms. The molecule has 0 saturated heterocycles. The highest BCUT2D eigenvalue weighted by atomic mass is 79.9. The number of ether oxygens (including phenoxy) is 1. The second kappa shape index (κ2) is 5.61. The summed E-state index contributed by atoms with van der Waals surface area (Å²) in [6.07, 6.45) is 1.71. The molecule has 1 aromatic carbocycles. The first kappa shape index (κ1) is 13.9. The van der Waals surface area contributed by atoms with Gasteiger partial charge in [-0.25, -0.2) is 4.98 Å². The van der Waals surface area contributed by atoms with E-state index in [0.29, 0.717) is 11.8 Å². The van der Waals surface area contributed by atoms with Gasteiger partial charge in [-0.1, -0.05) is 13.8 Å². The van der Waals surface area contributed by atoms with E-state index in [4.69, 9.17) is 10.5 Å². The average molecular weight is 321 g/mol. The maximum absolute atomic E-state index is 5.97. The number of nitrogens with zero attached hydrogens (tertiary/aromatic N) is 1. The van der Waals surface area contributed by atoms with Crippen LogP contribution in [0.4, 0.5) is 5.69 Å². The van der Waals surface area contributed by atoms with Crippen LogP contribution in [-0.4, -0.2) is 4.98 Å². The number of aromatic nitrogens is 1. The topological polar surface area (TPSA) is 48.1 Å². The maximum atomic E-state index is 5.97. The molecule has 0 aliphatic rings. The van der Waals surface area contributed by atoms with Crippen molar-refractivity contribution in [2.75, 3.05) is 5.73 Å². The van der Waals surface area contributed by atoms with Gasteiger partial charge in [0, 0.05) is 11.9 Å². The normalized spacial score (nSPS) is 10.8. The van der Waals surface area contributed by atoms with Gasteiger partial charge in [-0.3, -0.25) is 0 Å². The number of rotatable bonds is 3. The van der Waals surface area contributed by atoms with Crippen molar-refractivity contribution in [3.63, 3.8) is 0 Å². The summed E-state index contributed by atoms with van der Waals surface area (Å²) in [4.78, 5) is 4.23. The van der Waals surface area contributed by atoms with E-state index >= 15 is 0 Å². The first-order chi connectivity index (χ1) is 8.99. The second-order valence-electron chi connectivity index (χ2n) is 4.79. The van der Waals surface area contributed by atoms with Gasteiger partial charge in [0.2, 0.25) is 5.88 Å². The predicted octanol–water partition coefficient (Wildman–Crippen LogP) is 4.65. The third-order valence-electron chi connectivity index (χ3n) is 2.95. The first-order valence-corrected chi connectivity index (χ1v) is 6.96. The van der Waals surface area contributed by atoms with Crippen molar-refractivity contribution >= 4 is 21.6 Å². The second-order valence-corrected chi connectivity index (χ2v) is 5.65. The minimum atomic E-state index is 0.334. The number of aryl methyl sites for hydroxylation is 1. The summed E-state index contributed by atoms with van der Waals surface area (Å²) in [7, 11) is 0. The number of pyridine rings is 1. The van der Waals surface area contributed by atoms with Gasteiger partial charge in [-0.05, 0) is 64.2 Å². The Morgan fingerprint density at radius 2 is 2.05 bits per heavy atom. The number of hydrogen-bond acceptors (Lipinski definition) is 3. The van der Waals surface area contributed by atoms with Crippen molar-refractivity contribution in [3.05, 3.63) is 46.1 Å². The first-order valence-electron chi connectivity index (χ1n) is 6.17. The van der Waals surface area contributed by atoms with Crippen LogP contribution in [0.25, 0.3) is 0 Å². The quantitative estimate of drug-likeness (QED) is 0.837. The van der Waals surface area contributed by atoms with Gasteiger partial charge in [-0.2, -0.15) is 0 Å². The number of halogens is 1. The molecular weight excluding hydrogens is 304 g/mol. The molecule has 0 spiro atoms. The van der Waals surface area contributed by atoms with E-state index in [9.17, 15) is 0 Å². The molecule has 1 heterocycles. The molecule has 0 fully saturated rings. The number of benzene rings is 1. The number of nitrogens with two attached hydrogens (primary N) is 1. The van der Waals surface area contributed by atoms with Gasteiger partial charge >= 0.3 is 0 Å². The van der Waals surface area contributed by atoms with E-state index in [1.165, 1.54) is 0 Å². The van der Waals surface area contributed by atoms with Gasteiger partial charge in [0.05, 0.1) is 4.47 Å². The molecule has 100 valence electrons. The van der Waals surface area contributed by atoms with Crippen molar-refractivity contribution in [2.24, 2.45) is 0 Å². The average Bonchev–Trinajstić information content (AvgIpc) is 2.36. The van der Waals surface area contributed by atoms with Crippen molar-refractivity contribution in [1.29, 1.82) is 0 Å². The lowest BCUT2D eigenvalue weighted by atomic mass is 9.99. The van der Waals surface area contributed by atoms with Gasteiger partial charge in [0.15, 0.2) is 0 Å². The smallest absolute Gasteiger partial charge is 0.233 e. The van der Waals surface area contributed by atoms with E-state index in [1.807, 2.05) is 31.2 Å². The summed E-state index contributed by atoms with van der Waals surface area (Å²) >= 11 is 3.44. The molecule has 0 radical (unpaired) electrons. The molecule has 0 amide bonds. The maximum Gasteiger partial charge on any atom is 0.233 e. The Labute approximate surface area is 121 Å². The Balaban J connectivity index is 2.45. The van der Waals surface area contributed by atoms with Crippen LogP contribution < -0.4 is 10.5 Å². The van der Waals surface area contributed by atoms with E-state index in [0.717, 1.165) is 27.0 Å². The fraction of sp³-hybridized carbons (Fsp3) is 0.267. The van der Waals surface area contributed by atoms with Crippen LogP contribution in [0.3, 0.4) is 0 Å².